The highest BCUT2D eigenvalue weighted by Crippen LogP contribution is 2.19. The Kier molecular flexibility index (Phi) is 8.31. The van der Waals surface area contributed by atoms with Crippen molar-refractivity contribution in [2.24, 2.45) is 0 Å². The van der Waals surface area contributed by atoms with Crippen molar-refractivity contribution in [2.75, 3.05) is 31.6 Å². The minimum Gasteiger partial charge on any atom is -0.395 e. The third-order valence-electron chi connectivity index (χ3n) is 3.18. The Hall–Kier alpha value is -0.380. The largest absolute Gasteiger partial charge is 0.395 e. The van der Waals surface area contributed by atoms with Crippen molar-refractivity contribution in [3.8, 4) is 0 Å². The molecule has 0 aliphatic rings. The van der Waals surface area contributed by atoms with E-state index in [0.29, 0.717) is 5.92 Å². The zero-order valence-electron chi connectivity index (χ0n) is 11.2. The van der Waals surface area contributed by atoms with Crippen LogP contribution in [0.25, 0.3) is 0 Å². The van der Waals surface area contributed by atoms with E-state index in [-0.39, 0.29) is 6.61 Å². The van der Waals surface area contributed by atoms with Gasteiger partial charge in [-0.2, -0.15) is 0 Å². The van der Waals surface area contributed by atoms with Crippen LogP contribution in [0.4, 0.5) is 0 Å². The van der Waals surface area contributed by atoms with Gasteiger partial charge in [-0.05, 0) is 18.5 Å². The monoisotopic (exact) mass is 313 g/mol. The Morgan fingerprint density at radius 3 is 2.50 bits per heavy atom. The summed E-state index contributed by atoms with van der Waals surface area (Å²) in [4.78, 5) is 2.36. The minimum atomic E-state index is 0.244. The molecule has 1 atom stereocenters. The van der Waals surface area contributed by atoms with Crippen LogP contribution in [0, 0.1) is 0 Å². The van der Waals surface area contributed by atoms with Gasteiger partial charge < -0.3 is 10.0 Å². The number of nitrogens with zero attached hydrogens (tertiary/aromatic N) is 1. The fourth-order valence-electron chi connectivity index (χ4n) is 2.10. The predicted octanol–water partition coefficient (Wildman–Crippen LogP) is 3.26. The molecular formula is C15H24BrNO. The highest BCUT2D eigenvalue weighted by atomic mass is 79.9. The van der Waals surface area contributed by atoms with Crippen LogP contribution in [0.5, 0.6) is 0 Å². The Morgan fingerprint density at radius 2 is 1.94 bits per heavy atom. The molecule has 1 aromatic rings. The molecular weight excluding hydrogens is 290 g/mol. The Labute approximate surface area is 119 Å². The molecule has 1 N–H and O–H groups in total. The maximum atomic E-state index is 9.14. The van der Waals surface area contributed by atoms with Crippen LogP contribution < -0.4 is 0 Å². The molecule has 0 amide bonds. The van der Waals surface area contributed by atoms with E-state index >= 15 is 0 Å². The maximum absolute atomic E-state index is 9.14. The summed E-state index contributed by atoms with van der Waals surface area (Å²) in [5.41, 5.74) is 1.37. The van der Waals surface area contributed by atoms with Gasteiger partial charge in [0.15, 0.2) is 0 Å². The first-order chi connectivity index (χ1) is 8.81. The third kappa shape index (κ3) is 5.51. The van der Waals surface area contributed by atoms with E-state index in [1.807, 2.05) is 0 Å². The fraction of sp³-hybridized carbons (Fsp3) is 0.600. The van der Waals surface area contributed by atoms with Crippen molar-refractivity contribution < 1.29 is 5.11 Å². The zero-order valence-corrected chi connectivity index (χ0v) is 12.8. The van der Waals surface area contributed by atoms with Gasteiger partial charge >= 0.3 is 0 Å². The lowest BCUT2D eigenvalue weighted by Crippen LogP contribution is -2.32. The number of hydrogen-bond acceptors (Lipinski definition) is 2. The number of halogens is 1. The molecule has 1 unspecified atom stereocenters. The van der Waals surface area contributed by atoms with Gasteiger partial charge in [0.1, 0.15) is 0 Å². The summed E-state index contributed by atoms with van der Waals surface area (Å²) in [6, 6.07) is 10.6. The summed E-state index contributed by atoms with van der Waals surface area (Å²) in [6.45, 7) is 5.31. The first-order valence-corrected chi connectivity index (χ1v) is 7.88. The predicted molar refractivity (Wildman–Crippen MR) is 81.4 cm³/mol. The highest BCUT2D eigenvalue weighted by molar-refractivity contribution is 9.09. The minimum absolute atomic E-state index is 0.244. The molecule has 1 rings (SSSR count). The molecule has 0 fully saturated rings. The number of aliphatic hydroxyl groups excluding tert-OH is 1. The lowest BCUT2D eigenvalue weighted by atomic mass is 10.0. The van der Waals surface area contributed by atoms with E-state index in [4.69, 9.17) is 5.11 Å². The summed E-state index contributed by atoms with van der Waals surface area (Å²) in [5, 5.41) is 10.1. The normalized spacial score (nSPS) is 12.9. The Balaban J connectivity index is 2.58. The molecule has 1 aromatic carbocycles. The van der Waals surface area contributed by atoms with Crippen molar-refractivity contribution in [3.05, 3.63) is 35.9 Å². The molecule has 0 aliphatic heterocycles. The average Bonchev–Trinajstić information content (AvgIpc) is 2.43. The first-order valence-electron chi connectivity index (χ1n) is 6.76. The SMILES string of the molecule is CCCCN(CCO)CC(CBr)c1ccccc1. The van der Waals surface area contributed by atoms with Gasteiger partial charge in [0.25, 0.3) is 0 Å². The molecule has 0 heterocycles. The van der Waals surface area contributed by atoms with E-state index in [1.54, 1.807) is 0 Å². The van der Waals surface area contributed by atoms with Gasteiger partial charge in [-0.1, -0.05) is 59.6 Å². The van der Waals surface area contributed by atoms with Gasteiger partial charge in [0.2, 0.25) is 0 Å². The highest BCUT2D eigenvalue weighted by Gasteiger charge is 2.14. The van der Waals surface area contributed by atoms with Crippen LogP contribution in [0.1, 0.15) is 31.2 Å². The molecule has 0 spiro atoms. The molecule has 0 aliphatic carbocycles. The van der Waals surface area contributed by atoms with Gasteiger partial charge in [-0.3, -0.25) is 0 Å². The zero-order chi connectivity index (χ0) is 13.2. The van der Waals surface area contributed by atoms with Crippen LogP contribution in [0.3, 0.4) is 0 Å². The maximum Gasteiger partial charge on any atom is 0.0558 e. The van der Waals surface area contributed by atoms with Crippen molar-refractivity contribution in [2.45, 2.75) is 25.7 Å². The van der Waals surface area contributed by atoms with E-state index in [1.165, 1.54) is 18.4 Å². The van der Waals surface area contributed by atoms with Crippen molar-refractivity contribution in [1.82, 2.24) is 4.90 Å². The topological polar surface area (TPSA) is 23.5 Å². The molecule has 0 saturated carbocycles. The molecule has 102 valence electrons. The van der Waals surface area contributed by atoms with Gasteiger partial charge in [0.05, 0.1) is 6.61 Å². The van der Waals surface area contributed by atoms with E-state index in [9.17, 15) is 0 Å². The van der Waals surface area contributed by atoms with Gasteiger partial charge in [0, 0.05) is 24.3 Å². The smallest absolute Gasteiger partial charge is 0.0558 e. The first kappa shape index (κ1) is 15.7. The number of rotatable bonds is 9. The number of aliphatic hydroxyl groups is 1. The van der Waals surface area contributed by atoms with Crippen LogP contribution in [0.15, 0.2) is 30.3 Å². The Bertz CT molecular complexity index is 305. The summed E-state index contributed by atoms with van der Waals surface area (Å²) in [5.74, 6) is 0.495. The lowest BCUT2D eigenvalue weighted by Gasteiger charge is -2.26. The molecule has 18 heavy (non-hydrogen) atoms. The van der Waals surface area contributed by atoms with Gasteiger partial charge in [-0.15, -0.1) is 0 Å². The molecule has 0 aromatic heterocycles. The number of unbranched alkanes of at least 4 members (excludes halogenated alkanes) is 1. The second-order valence-corrected chi connectivity index (χ2v) is 5.29. The Morgan fingerprint density at radius 1 is 1.22 bits per heavy atom. The van der Waals surface area contributed by atoms with Crippen molar-refractivity contribution >= 4 is 15.9 Å². The van der Waals surface area contributed by atoms with E-state index in [2.05, 4.69) is 58.1 Å². The average molecular weight is 314 g/mol. The number of hydrogen-bond donors (Lipinski definition) is 1. The van der Waals surface area contributed by atoms with Crippen molar-refractivity contribution in [3.63, 3.8) is 0 Å². The van der Waals surface area contributed by atoms with Crippen molar-refractivity contribution in [1.29, 1.82) is 0 Å². The summed E-state index contributed by atoms with van der Waals surface area (Å²) < 4.78 is 0. The van der Waals surface area contributed by atoms with E-state index < -0.39 is 0 Å². The standard InChI is InChI=1S/C15H24BrNO/c1-2-3-9-17(10-11-18)13-15(12-16)14-7-5-4-6-8-14/h4-8,15,18H,2-3,9-13H2,1H3. The quantitative estimate of drug-likeness (QED) is 0.707. The summed E-state index contributed by atoms with van der Waals surface area (Å²) >= 11 is 3.61. The number of alkyl halides is 1. The van der Waals surface area contributed by atoms with E-state index in [0.717, 1.165) is 25.0 Å². The van der Waals surface area contributed by atoms with Gasteiger partial charge in [-0.25, -0.2) is 0 Å². The van der Waals surface area contributed by atoms with Crippen LogP contribution >= 0.6 is 15.9 Å². The molecule has 0 radical (unpaired) electrons. The summed E-state index contributed by atoms with van der Waals surface area (Å²) in [6.07, 6.45) is 2.40. The van der Waals surface area contributed by atoms with Crippen LogP contribution in [-0.4, -0.2) is 41.6 Å². The summed E-state index contributed by atoms with van der Waals surface area (Å²) in [7, 11) is 0. The number of benzene rings is 1. The second kappa shape index (κ2) is 9.54. The lowest BCUT2D eigenvalue weighted by molar-refractivity contribution is 0.188. The molecule has 2 nitrogen and oxygen atoms in total. The molecule has 3 heteroatoms. The molecule has 0 bridgehead atoms. The third-order valence-corrected chi connectivity index (χ3v) is 3.96. The fourth-order valence-corrected chi connectivity index (χ4v) is 2.68. The molecule has 0 saturated heterocycles. The van der Waals surface area contributed by atoms with Crippen LogP contribution in [0.2, 0.25) is 0 Å². The second-order valence-electron chi connectivity index (χ2n) is 4.64. The van der Waals surface area contributed by atoms with Crippen LogP contribution in [-0.2, 0) is 0 Å².